The van der Waals surface area contributed by atoms with Gasteiger partial charge in [-0.1, -0.05) is 67.6 Å². The lowest BCUT2D eigenvalue weighted by Crippen LogP contribution is -2.17. The minimum absolute atomic E-state index is 0.0559. The van der Waals surface area contributed by atoms with Gasteiger partial charge in [0.15, 0.2) is 11.0 Å². The fourth-order valence-electron chi connectivity index (χ4n) is 3.43. The molecule has 0 aliphatic rings. The third kappa shape index (κ3) is 5.74. The molecule has 0 spiro atoms. The van der Waals surface area contributed by atoms with Crippen molar-refractivity contribution >= 4 is 23.4 Å². The van der Waals surface area contributed by atoms with Crippen molar-refractivity contribution in [3.8, 4) is 11.4 Å². The zero-order valence-electron chi connectivity index (χ0n) is 18.8. The molecule has 0 fully saturated rings. The predicted octanol–water partition coefficient (Wildman–Crippen LogP) is 5.06. The van der Waals surface area contributed by atoms with Crippen LogP contribution in [0.4, 0.5) is 5.69 Å². The number of aryl methyl sites for hydroxylation is 2. The van der Waals surface area contributed by atoms with E-state index in [0.717, 1.165) is 33.8 Å². The van der Waals surface area contributed by atoms with Crippen molar-refractivity contribution in [3.05, 3.63) is 59.2 Å². The Morgan fingerprint density at radius 3 is 2.65 bits per heavy atom. The Bertz CT molecular complexity index is 1050. The number of hydrogen-bond acceptors (Lipinski definition) is 5. The minimum atomic E-state index is -0.0559. The molecule has 0 atom stereocenters. The Hall–Kier alpha value is -2.64. The summed E-state index contributed by atoms with van der Waals surface area (Å²) in [6, 6.07) is 14.3. The maximum Gasteiger partial charge on any atom is 0.234 e. The third-order valence-electron chi connectivity index (χ3n) is 5.04. The lowest BCUT2D eigenvalue weighted by Gasteiger charge is -2.16. The normalized spacial score (nSPS) is 11.2. The molecule has 0 saturated carbocycles. The molecule has 1 aromatic heterocycles. The molecule has 3 rings (SSSR count). The fraction of sp³-hybridized carbons (Fsp3) is 0.375. The maximum atomic E-state index is 12.7. The Balaban J connectivity index is 1.77. The number of ether oxygens (including phenoxy) is 1. The Kier molecular flexibility index (Phi) is 7.87. The second-order valence-corrected chi connectivity index (χ2v) is 8.79. The molecule has 1 N–H and O–H groups in total. The molecule has 0 unspecified atom stereocenters. The highest BCUT2D eigenvalue weighted by molar-refractivity contribution is 7.99. The van der Waals surface area contributed by atoms with Crippen molar-refractivity contribution in [3.63, 3.8) is 0 Å². The molecule has 2 aromatic carbocycles. The topological polar surface area (TPSA) is 69.0 Å². The van der Waals surface area contributed by atoms with E-state index in [1.165, 1.54) is 11.8 Å². The summed E-state index contributed by atoms with van der Waals surface area (Å²) in [4.78, 5) is 12.7. The van der Waals surface area contributed by atoms with Crippen LogP contribution in [-0.4, -0.2) is 40.1 Å². The van der Waals surface area contributed by atoms with Crippen LogP contribution in [0.25, 0.3) is 11.4 Å². The number of carbonyl (C=O) groups is 1. The first-order chi connectivity index (χ1) is 14.9. The molecular weight excluding hydrogens is 408 g/mol. The number of aromatic nitrogens is 3. The summed E-state index contributed by atoms with van der Waals surface area (Å²) in [5.74, 6) is 1.31. The molecule has 0 bridgehead atoms. The molecule has 7 heteroatoms. The zero-order valence-corrected chi connectivity index (χ0v) is 19.6. The number of hydrogen-bond donors (Lipinski definition) is 1. The van der Waals surface area contributed by atoms with E-state index in [4.69, 9.17) is 4.74 Å². The standard InChI is InChI=1S/C24H30N4O2S/c1-16(2)20-11-7-9-18(4)22(20)25-21(29)15-31-24-27-26-23(28(24)12-13-30-5)19-10-6-8-17(3)14-19/h6-11,14,16H,12-13,15H2,1-5H3,(H,25,29). The van der Waals surface area contributed by atoms with Gasteiger partial charge in [0.05, 0.1) is 18.9 Å². The Labute approximate surface area is 188 Å². The molecule has 0 aliphatic carbocycles. The van der Waals surface area contributed by atoms with Crippen LogP contribution in [0.2, 0.25) is 0 Å². The van der Waals surface area contributed by atoms with Crippen molar-refractivity contribution in [2.24, 2.45) is 0 Å². The van der Waals surface area contributed by atoms with E-state index in [2.05, 4.69) is 54.5 Å². The maximum absolute atomic E-state index is 12.7. The number of benzene rings is 2. The SMILES string of the molecule is COCCn1c(SCC(=O)Nc2c(C)cccc2C(C)C)nnc1-c1cccc(C)c1. The molecule has 0 radical (unpaired) electrons. The average molecular weight is 439 g/mol. The summed E-state index contributed by atoms with van der Waals surface area (Å²) in [5, 5.41) is 12.6. The average Bonchev–Trinajstić information content (AvgIpc) is 3.14. The molecule has 6 nitrogen and oxygen atoms in total. The highest BCUT2D eigenvalue weighted by Crippen LogP contribution is 2.28. The van der Waals surface area contributed by atoms with Crippen LogP contribution in [0.1, 0.15) is 36.5 Å². The summed E-state index contributed by atoms with van der Waals surface area (Å²) in [6.45, 7) is 9.48. The number of rotatable bonds is 9. The lowest BCUT2D eigenvalue weighted by atomic mass is 9.98. The van der Waals surface area contributed by atoms with Crippen molar-refractivity contribution in [1.82, 2.24) is 14.8 Å². The van der Waals surface area contributed by atoms with Crippen LogP contribution < -0.4 is 5.32 Å². The zero-order chi connectivity index (χ0) is 22.4. The molecule has 164 valence electrons. The summed E-state index contributed by atoms with van der Waals surface area (Å²) in [6.07, 6.45) is 0. The van der Waals surface area contributed by atoms with Gasteiger partial charge in [-0.3, -0.25) is 9.36 Å². The first-order valence-corrected chi connectivity index (χ1v) is 11.4. The highest BCUT2D eigenvalue weighted by atomic mass is 32.2. The van der Waals surface area contributed by atoms with Crippen molar-refractivity contribution in [1.29, 1.82) is 0 Å². The smallest absolute Gasteiger partial charge is 0.234 e. The molecule has 3 aromatic rings. The first-order valence-electron chi connectivity index (χ1n) is 10.4. The van der Waals surface area contributed by atoms with E-state index in [1.54, 1.807) is 7.11 Å². The third-order valence-corrected chi connectivity index (χ3v) is 6.00. The van der Waals surface area contributed by atoms with Crippen molar-refractivity contribution < 1.29 is 9.53 Å². The Morgan fingerprint density at radius 2 is 1.94 bits per heavy atom. The number of amides is 1. The quantitative estimate of drug-likeness (QED) is 0.473. The van der Waals surface area contributed by atoms with Crippen LogP contribution in [0.5, 0.6) is 0 Å². The number of carbonyl (C=O) groups excluding carboxylic acids is 1. The van der Waals surface area contributed by atoms with Crippen molar-refractivity contribution in [2.75, 3.05) is 24.8 Å². The number of thioether (sulfide) groups is 1. The second-order valence-electron chi connectivity index (χ2n) is 7.85. The van der Waals surface area contributed by atoms with Gasteiger partial charge < -0.3 is 10.1 Å². The van der Waals surface area contributed by atoms with Gasteiger partial charge in [0.1, 0.15) is 0 Å². The fourth-order valence-corrected chi connectivity index (χ4v) is 4.19. The van der Waals surface area contributed by atoms with Gasteiger partial charge in [0.2, 0.25) is 5.91 Å². The number of nitrogens with zero attached hydrogens (tertiary/aromatic N) is 3. The van der Waals surface area contributed by atoms with Gasteiger partial charge in [-0.25, -0.2) is 0 Å². The van der Waals surface area contributed by atoms with Crippen LogP contribution in [-0.2, 0) is 16.1 Å². The van der Waals surface area contributed by atoms with Gasteiger partial charge >= 0.3 is 0 Å². The van der Waals surface area contributed by atoms with Crippen LogP contribution in [0.15, 0.2) is 47.6 Å². The minimum Gasteiger partial charge on any atom is -0.383 e. The highest BCUT2D eigenvalue weighted by Gasteiger charge is 2.17. The molecule has 1 amide bonds. The van der Waals surface area contributed by atoms with Crippen molar-refractivity contribution in [2.45, 2.75) is 45.3 Å². The number of para-hydroxylation sites is 1. The number of anilines is 1. The predicted molar refractivity (Wildman–Crippen MR) is 127 cm³/mol. The molecule has 1 heterocycles. The Morgan fingerprint density at radius 1 is 1.16 bits per heavy atom. The summed E-state index contributed by atoms with van der Waals surface area (Å²) in [7, 11) is 1.67. The van der Waals surface area contributed by atoms with E-state index in [1.807, 2.05) is 35.8 Å². The van der Waals surface area contributed by atoms with Crippen LogP contribution in [0, 0.1) is 13.8 Å². The monoisotopic (exact) mass is 438 g/mol. The molecular formula is C24H30N4O2S. The first kappa shape index (κ1) is 23.0. The largest absolute Gasteiger partial charge is 0.383 e. The second kappa shape index (κ2) is 10.6. The molecule has 0 saturated heterocycles. The van der Waals surface area contributed by atoms with Gasteiger partial charge in [-0.15, -0.1) is 10.2 Å². The summed E-state index contributed by atoms with van der Waals surface area (Å²) < 4.78 is 7.29. The van der Waals surface area contributed by atoms with Crippen LogP contribution in [0.3, 0.4) is 0 Å². The summed E-state index contributed by atoms with van der Waals surface area (Å²) >= 11 is 1.39. The van der Waals surface area contributed by atoms with Gasteiger partial charge in [-0.2, -0.15) is 0 Å². The summed E-state index contributed by atoms with van der Waals surface area (Å²) in [5.41, 5.74) is 5.27. The van der Waals surface area contributed by atoms with E-state index >= 15 is 0 Å². The van der Waals surface area contributed by atoms with E-state index in [-0.39, 0.29) is 11.7 Å². The van der Waals surface area contributed by atoms with Gasteiger partial charge in [0, 0.05) is 18.4 Å². The van der Waals surface area contributed by atoms with Gasteiger partial charge in [-0.05, 0) is 37.0 Å². The van der Waals surface area contributed by atoms with E-state index in [0.29, 0.717) is 24.2 Å². The number of methoxy groups -OCH3 is 1. The molecule has 0 aliphatic heterocycles. The lowest BCUT2D eigenvalue weighted by molar-refractivity contribution is -0.113. The van der Waals surface area contributed by atoms with E-state index in [9.17, 15) is 4.79 Å². The van der Waals surface area contributed by atoms with Crippen LogP contribution >= 0.6 is 11.8 Å². The van der Waals surface area contributed by atoms with E-state index < -0.39 is 0 Å². The number of nitrogens with one attached hydrogen (secondary N) is 1. The molecule has 31 heavy (non-hydrogen) atoms. The van der Waals surface area contributed by atoms with Gasteiger partial charge in [0.25, 0.3) is 0 Å².